The first-order valence-corrected chi connectivity index (χ1v) is 10.5. The molecule has 7 heteroatoms. The number of amides is 2. The van der Waals surface area contributed by atoms with Gasteiger partial charge in [-0.05, 0) is 48.2 Å². The summed E-state index contributed by atoms with van der Waals surface area (Å²) in [5, 5.41) is 3.47. The Kier molecular flexibility index (Phi) is 6.40. The number of ether oxygens (including phenoxy) is 1. The third kappa shape index (κ3) is 5.03. The van der Waals surface area contributed by atoms with E-state index >= 15 is 0 Å². The van der Waals surface area contributed by atoms with Gasteiger partial charge in [0.15, 0.2) is 0 Å². The Bertz CT molecular complexity index is 1370. The van der Waals surface area contributed by atoms with Crippen LogP contribution in [0.25, 0.3) is 10.9 Å². The number of hydrogen-bond acceptors (Lipinski definition) is 3. The summed E-state index contributed by atoms with van der Waals surface area (Å²) >= 11 is 0. The van der Waals surface area contributed by atoms with E-state index in [2.05, 4.69) is 10.3 Å². The predicted molar refractivity (Wildman–Crippen MR) is 127 cm³/mol. The first-order chi connectivity index (χ1) is 15.9. The van der Waals surface area contributed by atoms with E-state index in [4.69, 9.17) is 4.74 Å². The molecule has 3 aromatic carbocycles. The van der Waals surface area contributed by atoms with Crippen LogP contribution in [-0.2, 0) is 13.1 Å². The molecule has 0 aliphatic rings. The van der Waals surface area contributed by atoms with Crippen molar-refractivity contribution in [1.82, 2.24) is 9.88 Å². The number of hydrogen-bond donors (Lipinski definition) is 2. The van der Waals surface area contributed by atoms with Crippen molar-refractivity contribution in [2.24, 2.45) is 0 Å². The number of aromatic amines is 1. The van der Waals surface area contributed by atoms with Gasteiger partial charge in [0.05, 0.1) is 25.9 Å². The van der Waals surface area contributed by atoms with Gasteiger partial charge in [0.1, 0.15) is 11.6 Å². The Morgan fingerprint density at radius 1 is 1.00 bits per heavy atom. The fraction of sp³-hybridized carbons (Fsp3) is 0.154. The van der Waals surface area contributed by atoms with Crippen LogP contribution in [0.4, 0.5) is 14.9 Å². The van der Waals surface area contributed by atoms with E-state index in [1.54, 1.807) is 31.4 Å². The Morgan fingerprint density at radius 2 is 1.73 bits per heavy atom. The van der Waals surface area contributed by atoms with Gasteiger partial charge in [0, 0.05) is 16.6 Å². The number of aryl methyl sites for hydroxylation is 1. The Balaban J connectivity index is 1.69. The Hall–Kier alpha value is -4.13. The maximum absolute atomic E-state index is 14.1. The average molecular weight is 445 g/mol. The van der Waals surface area contributed by atoms with Crippen LogP contribution in [0.5, 0.6) is 5.75 Å². The molecule has 168 valence electrons. The number of halogens is 1. The number of H-pyrrole nitrogens is 1. The number of pyridine rings is 1. The van der Waals surface area contributed by atoms with E-state index < -0.39 is 11.8 Å². The van der Waals surface area contributed by atoms with Gasteiger partial charge in [0.25, 0.3) is 5.56 Å². The molecule has 4 rings (SSSR count). The lowest BCUT2D eigenvalue weighted by Crippen LogP contribution is -2.36. The minimum Gasteiger partial charge on any atom is -0.496 e. The zero-order valence-electron chi connectivity index (χ0n) is 18.4. The lowest BCUT2D eigenvalue weighted by Gasteiger charge is -2.24. The molecule has 1 aromatic heterocycles. The van der Waals surface area contributed by atoms with Crippen LogP contribution in [0, 0.1) is 12.7 Å². The molecule has 0 aliphatic heterocycles. The first kappa shape index (κ1) is 22.1. The van der Waals surface area contributed by atoms with E-state index in [9.17, 15) is 14.0 Å². The highest BCUT2D eigenvalue weighted by Gasteiger charge is 2.19. The monoisotopic (exact) mass is 445 g/mol. The molecule has 0 aliphatic carbocycles. The van der Waals surface area contributed by atoms with Crippen molar-refractivity contribution >= 4 is 22.6 Å². The van der Waals surface area contributed by atoms with Crippen LogP contribution in [-0.4, -0.2) is 23.0 Å². The van der Waals surface area contributed by atoms with Crippen molar-refractivity contribution in [3.8, 4) is 5.75 Å². The maximum Gasteiger partial charge on any atom is 0.322 e. The summed E-state index contributed by atoms with van der Waals surface area (Å²) in [6, 6.07) is 20.3. The van der Waals surface area contributed by atoms with Gasteiger partial charge in [-0.1, -0.05) is 42.5 Å². The number of methoxy groups -OCH3 is 1. The zero-order valence-corrected chi connectivity index (χ0v) is 18.4. The summed E-state index contributed by atoms with van der Waals surface area (Å²) in [6.07, 6.45) is 0. The van der Waals surface area contributed by atoms with E-state index in [1.807, 2.05) is 43.3 Å². The van der Waals surface area contributed by atoms with Gasteiger partial charge in [-0.25, -0.2) is 9.18 Å². The van der Waals surface area contributed by atoms with Gasteiger partial charge >= 0.3 is 6.03 Å². The van der Waals surface area contributed by atoms with Crippen LogP contribution < -0.4 is 15.6 Å². The Morgan fingerprint density at radius 3 is 2.52 bits per heavy atom. The second-order valence-corrected chi connectivity index (χ2v) is 7.79. The van der Waals surface area contributed by atoms with E-state index in [0.29, 0.717) is 11.3 Å². The highest BCUT2D eigenvalue weighted by atomic mass is 19.1. The molecule has 0 unspecified atom stereocenters. The quantitative estimate of drug-likeness (QED) is 0.427. The summed E-state index contributed by atoms with van der Waals surface area (Å²) in [6.45, 7) is 2.14. The number of nitrogens with zero attached hydrogens (tertiary/aromatic N) is 1. The second kappa shape index (κ2) is 9.56. The molecular weight excluding hydrogens is 421 g/mol. The smallest absolute Gasteiger partial charge is 0.322 e. The number of carbonyl (C=O) groups is 1. The largest absolute Gasteiger partial charge is 0.496 e. The van der Waals surface area contributed by atoms with E-state index in [-0.39, 0.29) is 24.3 Å². The molecule has 0 bridgehead atoms. The molecule has 6 nitrogen and oxygen atoms in total. The van der Waals surface area contributed by atoms with Crippen LogP contribution in [0.15, 0.2) is 77.6 Å². The molecule has 2 N–H and O–H groups in total. The van der Waals surface area contributed by atoms with E-state index in [1.165, 1.54) is 17.0 Å². The summed E-state index contributed by atoms with van der Waals surface area (Å²) in [5.41, 5.74) is 2.73. The van der Waals surface area contributed by atoms with Gasteiger partial charge in [-0.15, -0.1) is 0 Å². The lowest BCUT2D eigenvalue weighted by molar-refractivity contribution is 0.205. The molecule has 4 aromatic rings. The van der Waals surface area contributed by atoms with Crippen molar-refractivity contribution in [3.05, 3.63) is 106 Å². The van der Waals surface area contributed by atoms with Crippen molar-refractivity contribution in [3.63, 3.8) is 0 Å². The molecule has 0 spiro atoms. The van der Waals surface area contributed by atoms with Crippen LogP contribution in [0.1, 0.15) is 16.7 Å². The van der Waals surface area contributed by atoms with Gasteiger partial charge in [-0.3, -0.25) is 4.79 Å². The second-order valence-electron chi connectivity index (χ2n) is 7.79. The highest BCUT2D eigenvalue weighted by molar-refractivity contribution is 5.89. The number of aromatic nitrogens is 1. The van der Waals surface area contributed by atoms with Crippen molar-refractivity contribution in [2.75, 3.05) is 12.4 Å². The maximum atomic E-state index is 14.1. The first-order valence-electron chi connectivity index (χ1n) is 10.5. The summed E-state index contributed by atoms with van der Waals surface area (Å²) in [4.78, 5) is 30.3. The molecule has 0 saturated carbocycles. The highest BCUT2D eigenvalue weighted by Crippen LogP contribution is 2.22. The van der Waals surface area contributed by atoms with Crippen molar-refractivity contribution in [1.29, 1.82) is 0 Å². The normalized spacial score (nSPS) is 10.8. The molecule has 0 saturated heterocycles. The van der Waals surface area contributed by atoms with Crippen LogP contribution >= 0.6 is 0 Å². The molecule has 2 amide bonds. The number of anilines is 1. The van der Waals surface area contributed by atoms with Gasteiger partial charge < -0.3 is 19.9 Å². The topological polar surface area (TPSA) is 74.4 Å². The molecule has 0 radical (unpaired) electrons. The average Bonchev–Trinajstić information content (AvgIpc) is 2.81. The lowest BCUT2D eigenvalue weighted by atomic mass is 10.1. The fourth-order valence-electron chi connectivity index (χ4n) is 3.68. The van der Waals surface area contributed by atoms with E-state index in [0.717, 1.165) is 22.0 Å². The number of fused-ring (bicyclic) bond motifs is 1. The summed E-state index contributed by atoms with van der Waals surface area (Å²) in [7, 11) is 1.55. The molecule has 1 heterocycles. The molecular formula is C26H24FN3O3. The number of rotatable bonds is 6. The number of para-hydroxylation sites is 2. The molecule has 0 atom stereocenters. The van der Waals surface area contributed by atoms with Crippen LogP contribution in [0.3, 0.4) is 0 Å². The fourth-order valence-corrected chi connectivity index (χ4v) is 3.68. The standard InChI is InChI=1S/C26H24FN3O3/c1-17-11-12-18-14-20(25(31)28-23(18)13-17)16-30(15-19-7-3-6-10-24(19)33-2)26(32)29-22-9-5-4-8-21(22)27/h3-14H,15-16H2,1-2H3,(H,28,31)(H,29,32). The number of nitrogens with one attached hydrogen (secondary N) is 2. The third-order valence-corrected chi connectivity index (χ3v) is 5.40. The van der Waals surface area contributed by atoms with Crippen LogP contribution in [0.2, 0.25) is 0 Å². The summed E-state index contributed by atoms with van der Waals surface area (Å²) in [5.74, 6) is 0.0751. The minimum absolute atomic E-state index is 0.0253. The molecule has 0 fully saturated rings. The number of urea groups is 1. The van der Waals surface area contributed by atoms with Crippen molar-refractivity contribution in [2.45, 2.75) is 20.0 Å². The number of benzene rings is 3. The van der Waals surface area contributed by atoms with Crippen molar-refractivity contribution < 1.29 is 13.9 Å². The summed E-state index contributed by atoms with van der Waals surface area (Å²) < 4.78 is 19.6. The SMILES string of the molecule is COc1ccccc1CN(Cc1cc2ccc(C)cc2[nH]c1=O)C(=O)Nc1ccccc1F. The molecule has 33 heavy (non-hydrogen) atoms. The van der Waals surface area contributed by atoms with Gasteiger partial charge in [-0.2, -0.15) is 0 Å². The predicted octanol–water partition coefficient (Wildman–Crippen LogP) is 5.22. The minimum atomic E-state index is -0.540. The van der Waals surface area contributed by atoms with Gasteiger partial charge in [0.2, 0.25) is 0 Å². The Labute approximate surface area is 190 Å². The third-order valence-electron chi connectivity index (χ3n) is 5.40. The number of carbonyl (C=O) groups excluding carboxylic acids is 1. The zero-order chi connectivity index (χ0) is 23.4.